The van der Waals surface area contributed by atoms with Crippen LogP contribution in [0, 0.1) is 0 Å². The number of hydrazine groups is 1. The van der Waals surface area contributed by atoms with Crippen molar-refractivity contribution in [3.63, 3.8) is 0 Å². The van der Waals surface area contributed by atoms with Crippen LogP contribution in [0.4, 0.5) is 4.79 Å². The summed E-state index contributed by atoms with van der Waals surface area (Å²) in [7, 11) is 0. The number of hydrogen-bond acceptors (Lipinski definition) is 3. The van der Waals surface area contributed by atoms with Gasteiger partial charge < -0.3 is 11.5 Å². The van der Waals surface area contributed by atoms with Crippen molar-refractivity contribution in [3.05, 3.63) is 0 Å². The lowest BCUT2D eigenvalue weighted by atomic mass is 10.5. The Bertz CT molecular complexity index is 69.0. The molecule has 6 N–H and O–H groups in total. The number of primary amides is 2. The van der Waals surface area contributed by atoms with Gasteiger partial charge in [-0.1, -0.05) is 0 Å². The van der Waals surface area contributed by atoms with E-state index in [1.54, 1.807) is 0 Å². The molecule has 1 heterocycles. The van der Waals surface area contributed by atoms with E-state index in [0.29, 0.717) is 0 Å². The summed E-state index contributed by atoms with van der Waals surface area (Å²) in [4.78, 5) is 9.00. The van der Waals surface area contributed by atoms with Crippen molar-refractivity contribution in [2.75, 3.05) is 13.1 Å². The summed E-state index contributed by atoms with van der Waals surface area (Å²) >= 11 is 0. The topological polar surface area (TPSA) is 93.2 Å². The smallest absolute Gasteiger partial charge is 0.309 e. The molecule has 2 amide bonds. The minimum Gasteiger partial charge on any atom is -0.352 e. The van der Waals surface area contributed by atoms with Gasteiger partial charge in [0.15, 0.2) is 0 Å². The first-order valence-electron chi connectivity index (χ1n) is 2.74. The van der Waals surface area contributed by atoms with Gasteiger partial charge in [0.2, 0.25) is 0 Å². The van der Waals surface area contributed by atoms with Crippen LogP contribution in [0.2, 0.25) is 0 Å². The fourth-order valence-electron chi connectivity index (χ4n) is 0.442. The number of rotatable bonds is 0. The van der Waals surface area contributed by atoms with Crippen LogP contribution < -0.4 is 22.3 Å². The highest BCUT2D eigenvalue weighted by Gasteiger charge is 1.91. The minimum atomic E-state index is -0.833. The highest BCUT2D eigenvalue weighted by atomic mass is 16.2. The predicted octanol–water partition coefficient (Wildman–Crippen LogP) is -1.49. The Labute approximate surface area is 53.7 Å². The van der Waals surface area contributed by atoms with Gasteiger partial charge in [-0.25, -0.2) is 4.79 Å². The van der Waals surface area contributed by atoms with Gasteiger partial charge in [-0.2, -0.15) is 0 Å². The molecule has 0 bridgehead atoms. The average Bonchev–Trinajstić information content (AvgIpc) is 2.11. The van der Waals surface area contributed by atoms with E-state index in [9.17, 15) is 0 Å². The molecule has 1 aliphatic heterocycles. The van der Waals surface area contributed by atoms with Crippen LogP contribution in [0.1, 0.15) is 6.42 Å². The van der Waals surface area contributed by atoms with Crippen LogP contribution >= 0.6 is 0 Å². The molecular weight excluding hydrogens is 120 g/mol. The largest absolute Gasteiger partial charge is 0.352 e. The maximum absolute atomic E-state index is 9.00. The molecule has 0 spiro atoms. The van der Waals surface area contributed by atoms with Crippen LogP contribution in [0.25, 0.3) is 0 Å². The molecule has 0 saturated carbocycles. The second-order valence-corrected chi connectivity index (χ2v) is 1.61. The van der Waals surface area contributed by atoms with Crippen molar-refractivity contribution in [1.29, 1.82) is 0 Å². The maximum Gasteiger partial charge on any atom is 0.309 e. The summed E-state index contributed by atoms with van der Waals surface area (Å²) in [6.45, 7) is 2.28. The Morgan fingerprint density at radius 3 is 1.67 bits per heavy atom. The SMILES string of the molecule is C1CNNC1.NC(N)=O. The second kappa shape index (κ2) is 5.33. The van der Waals surface area contributed by atoms with Crippen LogP contribution in [0.3, 0.4) is 0 Å². The molecular formula is C4H12N4O. The summed E-state index contributed by atoms with van der Waals surface area (Å²) in [5.41, 5.74) is 14.4. The first-order chi connectivity index (χ1) is 4.23. The molecule has 0 aromatic carbocycles. The zero-order valence-electron chi connectivity index (χ0n) is 5.18. The number of carbonyl (C=O) groups excluding carboxylic acids is 1. The molecule has 0 aromatic rings. The van der Waals surface area contributed by atoms with Crippen molar-refractivity contribution < 1.29 is 4.79 Å². The van der Waals surface area contributed by atoms with E-state index in [1.165, 1.54) is 6.42 Å². The Morgan fingerprint density at radius 2 is 1.56 bits per heavy atom. The average molecular weight is 132 g/mol. The lowest BCUT2D eigenvalue weighted by molar-refractivity contribution is 0.256. The van der Waals surface area contributed by atoms with Gasteiger partial charge in [-0.05, 0) is 6.42 Å². The Kier molecular flexibility index (Phi) is 4.85. The standard InChI is InChI=1S/C3H8N2.CH4N2O/c1-2-4-5-3-1;2-1(3)4/h4-5H,1-3H2;(H4,2,3,4). The lowest BCUT2D eigenvalue weighted by Gasteiger charge is -1.81. The summed E-state index contributed by atoms with van der Waals surface area (Å²) in [6.07, 6.45) is 1.28. The summed E-state index contributed by atoms with van der Waals surface area (Å²) in [5, 5.41) is 0. The fraction of sp³-hybridized carbons (Fsp3) is 0.750. The van der Waals surface area contributed by atoms with Crippen LogP contribution in [-0.4, -0.2) is 19.1 Å². The van der Waals surface area contributed by atoms with E-state index in [-0.39, 0.29) is 0 Å². The van der Waals surface area contributed by atoms with Crippen LogP contribution in [-0.2, 0) is 0 Å². The van der Waals surface area contributed by atoms with Gasteiger partial charge in [0.1, 0.15) is 0 Å². The number of nitrogens with two attached hydrogens (primary N) is 2. The third-order valence-electron chi connectivity index (χ3n) is 0.729. The maximum atomic E-state index is 9.00. The Morgan fingerprint density at radius 1 is 1.22 bits per heavy atom. The monoisotopic (exact) mass is 132 g/mol. The molecule has 1 rings (SSSR count). The van der Waals surface area contributed by atoms with Gasteiger partial charge >= 0.3 is 6.03 Å². The predicted molar refractivity (Wildman–Crippen MR) is 34.4 cm³/mol. The number of nitrogens with one attached hydrogen (secondary N) is 2. The van der Waals surface area contributed by atoms with Crippen molar-refractivity contribution in [2.45, 2.75) is 6.42 Å². The summed E-state index contributed by atoms with van der Waals surface area (Å²) in [5.74, 6) is 0. The zero-order chi connectivity index (χ0) is 7.11. The lowest BCUT2D eigenvalue weighted by Crippen LogP contribution is -2.21. The van der Waals surface area contributed by atoms with Crippen molar-refractivity contribution in [3.8, 4) is 0 Å². The molecule has 0 atom stereocenters. The Balaban J connectivity index is 0.000000148. The van der Waals surface area contributed by atoms with Crippen molar-refractivity contribution >= 4 is 6.03 Å². The highest BCUT2D eigenvalue weighted by molar-refractivity contribution is 5.69. The molecule has 0 aromatic heterocycles. The number of amides is 2. The van der Waals surface area contributed by atoms with Gasteiger partial charge in [0.25, 0.3) is 0 Å². The minimum absolute atomic E-state index is 0.833. The fourth-order valence-corrected chi connectivity index (χ4v) is 0.442. The van der Waals surface area contributed by atoms with Crippen LogP contribution in [0.15, 0.2) is 0 Å². The van der Waals surface area contributed by atoms with Crippen molar-refractivity contribution in [1.82, 2.24) is 10.9 Å². The summed E-state index contributed by atoms with van der Waals surface area (Å²) < 4.78 is 0. The third kappa shape index (κ3) is 11.0. The van der Waals surface area contributed by atoms with Gasteiger partial charge in [-0.3, -0.25) is 10.9 Å². The van der Waals surface area contributed by atoms with E-state index in [4.69, 9.17) is 4.79 Å². The summed E-state index contributed by atoms with van der Waals surface area (Å²) in [6, 6.07) is -0.833. The molecule has 0 unspecified atom stereocenters. The van der Waals surface area contributed by atoms with Gasteiger partial charge in [0, 0.05) is 13.1 Å². The molecule has 1 aliphatic rings. The first-order valence-corrected chi connectivity index (χ1v) is 2.74. The molecule has 0 aliphatic carbocycles. The molecule has 1 saturated heterocycles. The number of urea groups is 1. The second-order valence-electron chi connectivity index (χ2n) is 1.61. The first kappa shape index (κ1) is 8.19. The normalized spacial score (nSPS) is 16.0. The zero-order valence-corrected chi connectivity index (χ0v) is 5.18. The van der Waals surface area contributed by atoms with Gasteiger partial charge in [0.05, 0.1) is 0 Å². The molecule has 5 heteroatoms. The highest BCUT2D eigenvalue weighted by Crippen LogP contribution is 1.74. The van der Waals surface area contributed by atoms with E-state index in [1.807, 2.05) is 0 Å². The van der Waals surface area contributed by atoms with Crippen molar-refractivity contribution in [2.24, 2.45) is 11.5 Å². The van der Waals surface area contributed by atoms with Gasteiger partial charge in [-0.15, -0.1) is 0 Å². The van der Waals surface area contributed by atoms with E-state index in [2.05, 4.69) is 22.3 Å². The molecule has 5 nitrogen and oxygen atoms in total. The Hall–Kier alpha value is -0.810. The molecule has 1 fully saturated rings. The number of carbonyl (C=O) groups is 1. The van der Waals surface area contributed by atoms with Crippen LogP contribution in [0.5, 0.6) is 0 Å². The molecule has 0 radical (unpaired) electrons. The molecule has 9 heavy (non-hydrogen) atoms. The number of hydrogen-bond donors (Lipinski definition) is 4. The quantitative estimate of drug-likeness (QED) is 0.323. The molecule has 54 valence electrons. The van der Waals surface area contributed by atoms with E-state index >= 15 is 0 Å². The third-order valence-corrected chi connectivity index (χ3v) is 0.729. The van der Waals surface area contributed by atoms with E-state index in [0.717, 1.165) is 13.1 Å². The van der Waals surface area contributed by atoms with E-state index < -0.39 is 6.03 Å².